The number of pyridine rings is 2. The van der Waals surface area contributed by atoms with Crippen LogP contribution in [0.2, 0.25) is 0 Å². The number of oxime groups is 1. The maximum atomic E-state index is 14.5. The zero-order valence-corrected chi connectivity index (χ0v) is 41.7. The molecular weight excluding hydrogens is 865 g/mol. The average molecular weight is 939 g/mol. The highest BCUT2D eigenvalue weighted by molar-refractivity contribution is 5.90. The number of fused-ring (bicyclic) bond motifs is 2. The lowest BCUT2D eigenvalue weighted by atomic mass is 9.73. The highest BCUT2D eigenvalue weighted by Crippen LogP contribution is 2.40. The van der Waals surface area contributed by atoms with Crippen LogP contribution >= 0.6 is 0 Å². The number of rotatable bonds is 13. The molecule has 14 nitrogen and oxygen atoms in total. The molecule has 4 heterocycles. The van der Waals surface area contributed by atoms with Crippen molar-refractivity contribution in [3.63, 3.8) is 0 Å². The predicted molar refractivity (Wildman–Crippen MR) is 264 cm³/mol. The highest BCUT2D eigenvalue weighted by Gasteiger charge is 2.52. The molecular formula is C54H74N4O10. The maximum absolute atomic E-state index is 14.5. The van der Waals surface area contributed by atoms with Crippen molar-refractivity contribution in [3.05, 3.63) is 103 Å². The lowest BCUT2D eigenvalue weighted by molar-refractivity contribution is -0.301. The van der Waals surface area contributed by atoms with Gasteiger partial charge in [-0.25, -0.2) is 0 Å². The van der Waals surface area contributed by atoms with Crippen LogP contribution in [0.5, 0.6) is 0 Å². The van der Waals surface area contributed by atoms with Crippen LogP contribution in [0, 0.1) is 23.7 Å². The number of hydrogen-bond acceptors (Lipinski definition) is 14. The number of aliphatic hydroxyl groups excluding tert-OH is 2. The molecule has 6 rings (SSSR count). The number of ether oxygens (including phenoxy) is 5. The standard InChI is InChI=1S/C54H74N4O10/c1-12-45-54(8,62)49(60)35(4)46(57-65-26-18-22-41-32-56-30-39-20-14-16-24-43(39)41)33(2)28-53(7,63-11)50(68-52-47(59)44(58(9)10)27-34(3)66-52)36(5)48(37(6)51(61)67-45)64-25-17-21-40-31-55-29-38-19-13-15-23-42(38)40/h13-20,22-25,29-37,44-45,47-50,52,59-60,62H,12,21,26-28H2,1-11H3/b22-18+,25-17-,57-46+/t33-,34-,35+,36+,37-,44+,45-,47-,48+,49-,50-,52+,53-,54-/m1/s1. The number of cyclic esters (lactones) is 1. The van der Waals surface area contributed by atoms with Crippen molar-refractivity contribution in [1.82, 2.24) is 14.9 Å². The molecule has 14 atom stereocenters. The molecule has 14 heteroatoms. The number of aliphatic hydroxyl groups is 3. The number of allylic oxidation sites excluding steroid dienone is 1. The van der Waals surface area contributed by atoms with E-state index in [-0.39, 0.29) is 31.6 Å². The molecule has 2 fully saturated rings. The quantitative estimate of drug-likeness (QED) is 0.0511. The molecule has 2 aromatic carbocycles. The Balaban J connectivity index is 1.39. The van der Waals surface area contributed by atoms with E-state index in [1.54, 1.807) is 40.3 Å². The fourth-order valence-corrected chi connectivity index (χ4v) is 10.3. The van der Waals surface area contributed by atoms with Crippen molar-refractivity contribution < 1.29 is 48.6 Å². The number of likely N-dealkylation sites (N-methyl/N-ethyl adjacent to an activating group) is 1. The minimum Gasteiger partial charge on any atom is -0.497 e. The zero-order valence-electron chi connectivity index (χ0n) is 41.7. The van der Waals surface area contributed by atoms with Gasteiger partial charge in [0.15, 0.2) is 6.29 Å². The molecule has 0 aliphatic carbocycles. The minimum absolute atomic E-state index is 0.0989. The van der Waals surface area contributed by atoms with Crippen LogP contribution in [0.1, 0.15) is 85.8 Å². The molecule has 0 radical (unpaired) electrons. The first kappa shape index (κ1) is 52.6. The van der Waals surface area contributed by atoms with E-state index in [1.165, 1.54) is 6.92 Å². The molecule has 0 amide bonds. The first-order chi connectivity index (χ1) is 32.4. The van der Waals surface area contributed by atoms with Crippen LogP contribution in [0.15, 0.2) is 96.9 Å². The van der Waals surface area contributed by atoms with Gasteiger partial charge in [0.05, 0.1) is 41.8 Å². The van der Waals surface area contributed by atoms with Gasteiger partial charge in [0.2, 0.25) is 0 Å². The van der Waals surface area contributed by atoms with Gasteiger partial charge in [-0.15, -0.1) is 0 Å². The Morgan fingerprint density at radius 1 is 0.912 bits per heavy atom. The van der Waals surface area contributed by atoms with Crippen molar-refractivity contribution in [3.8, 4) is 0 Å². The van der Waals surface area contributed by atoms with E-state index in [0.29, 0.717) is 18.6 Å². The van der Waals surface area contributed by atoms with E-state index in [4.69, 9.17) is 28.5 Å². The summed E-state index contributed by atoms with van der Waals surface area (Å²) in [7, 11) is 5.44. The van der Waals surface area contributed by atoms with Crippen molar-refractivity contribution in [1.29, 1.82) is 0 Å². The van der Waals surface area contributed by atoms with Gasteiger partial charge >= 0.3 is 5.97 Å². The number of hydrogen-bond donors (Lipinski definition) is 3. The van der Waals surface area contributed by atoms with Gasteiger partial charge in [-0.1, -0.05) is 87.5 Å². The molecule has 4 aromatic rings. The first-order valence-corrected chi connectivity index (χ1v) is 24.0. The van der Waals surface area contributed by atoms with E-state index in [9.17, 15) is 20.1 Å². The van der Waals surface area contributed by atoms with Crippen LogP contribution in [-0.2, 0) is 39.7 Å². The molecule has 0 unspecified atom stereocenters. The Morgan fingerprint density at radius 3 is 2.25 bits per heavy atom. The molecule has 0 bridgehead atoms. The van der Waals surface area contributed by atoms with E-state index in [1.807, 2.05) is 126 Å². The van der Waals surface area contributed by atoms with E-state index in [0.717, 1.165) is 32.7 Å². The molecule has 0 saturated carbocycles. The Bertz CT molecular complexity index is 2360. The molecule has 2 aliphatic rings. The summed E-state index contributed by atoms with van der Waals surface area (Å²) in [5.41, 5.74) is -0.702. The van der Waals surface area contributed by atoms with Crippen LogP contribution in [0.3, 0.4) is 0 Å². The minimum atomic E-state index is -1.91. The molecule has 68 heavy (non-hydrogen) atoms. The largest absolute Gasteiger partial charge is 0.497 e. The second-order valence-corrected chi connectivity index (χ2v) is 19.6. The monoisotopic (exact) mass is 939 g/mol. The highest BCUT2D eigenvalue weighted by atomic mass is 16.7. The van der Waals surface area contributed by atoms with Gasteiger partial charge in [0.25, 0.3) is 0 Å². The first-order valence-electron chi connectivity index (χ1n) is 24.0. The Morgan fingerprint density at radius 2 is 1.57 bits per heavy atom. The summed E-state index contributed by atoms with van der Waals surface area (Å²) in [6, 6.07) is 15.8. The summed E-state index contributed by atoms with van der Waals surface area (Å²) in [6.45, 7) is 14.7. The molecule has 370 valence electrons. The number of esters is 1. The van der Waals surface area contributed by atoms with Crippen LogP contribution in [0.4, 0.5) is 0 Å². The van der Waals surface area contributed by atoms with Gasteiger partial charge in [-0.2, -0.15) is 0 Å². The third-order valence-electron chi connectivity index (χ3n) is 14.3. The van der Waals surface area contributed by atoms with E-state index < -0.39 is 77.7 Å². The van der Waals surface area contributed by atoms with Crippen molar-refractivity contribution >= 4 is 39.3 Å². The van der Waals surface area contributed by atoms with E-state index >= 15 is 0 Å². The lowest BCUT2D eigenvalue weighted by Crippen LogP contribution is -2.60. The Hall–Kier alpha value is -4.80. The lowest BCUT2D eigenvalue weighted by Gasteiger charge is -2.48. The van der Waals surface area contributed by atoms with Crippen molar-refractivity contribution in [2.24, 2.45) is 28.8 Å². The molecule has 3 N–H and O–H groups in total. The number of aromatic nitrogens is 2. The fraction of sp³-hybridized carbons (Fsp3) is 0.556. The summed E-state index contributed by atoms with van der Waals surface area (Å²) < 4.78 is 32.8. The number of nitrogens with zero attached hydrogens (tertiary/aromatic N) is 4. The van der Waals surface area contributed by atoms with Gasteiger partial charge in [-0.3, -0.25) is 14.8 Å². The summed E-state index contributed by atoms with van der Waals surface area (Å²) in [4.78, 5) is 31.3. The van der Waals surface area contributed by atoms with E-state index in [2.05, 4.69) is 21.2 Å². The predicted octanol–water partition coefficient (Wildman–Crippen LogP) is 7.91. The second kappa shape index (κ2) is 23.2. The number of methoxy groups -OCH3 is 1. The topological polar surface area (TPSA) is 175 Å². The number of carbonyl (C=O) groups is 1. The summed E-state index contributed by atoms with van der Waals surface area (Å²) in [6.07, 6.45) is 9.44. The third-order valence-corrected chi connectivity index (χ3v) is 14.3. The smallest absolute Gasteiger partial charge is 0.312 e. The zero-order chi connectivity index (χ0) is 49.3. The second-order valence-electron chi connectivity index (χ2n) is 19.6. The Labute approximate surface area is 402 Å². The van der Waals surface area contributed by atoms with Gasteiger partial charge in [0, 0.05) is 72.0 Å². The third kappa shape index (κ3) is 12.0. The normalized spacial score (nSPS) is 34.2. The fourth-order valence-electron chi connectivity index (χ4n) is 10.3. The van der Waals surface area contributed by atoms with Crippen LogP contribution in [0.25, 0.3) is 27.6 Å². The molecule has 0 spiro atoms. The van der Waals surface area contributed by atoms with Gasteiger partial charge in [0.1, 0.15) is 30.5 Å². The van der Waals surface area contributed by atoms with Crippen molar-refractivity contribution in [2.75, 3.05) is 27.8 Å². The van der Waals surface area contributed by atoms with Crippen molar-refractivity contribution in [2.45, 2.75) is 141 Å². The molecule has 2 aliphatic heterocycles. The average Bonchev–Trinajstić information content (AvgIpc) is 3.32. The van der Waals surface area contributed by atoms with Crippen LogP contribution in [-0.4, -0.2) is 130 Å². The Kier molecular flexibility index (Phi) is 17.9. The SMILES string of the molecule is CC[C@H]1OC(=O)[C@H](C)[C@@H](O/C=C\Cc2cncc3ccccc23)[C@H](C)[C@@H](O[C@@H]2O[C@H](C)C[C@H](N(C)C)[C@H]2O)[C@](C)(OC)C[C@@H](C)/C(=N\OC/C=C/c2cncc3ccccc23)[C@H](C)[C@@H](O)[C@]1(C)O. The summed E-state index contributed by atoms with van der Waals surface area (Å²) in [5.74, 6) is -3.42. The van der Waals surface area contributed by atoms with Crippen LogP contribution < -0.4 is 0 Å². The van der Waals surface area contributed by atoms with Gasteiger partial charge in [-0.05, 0) is 96.0 Å². The van der Waals surface area contributed by atoms with Gasteiger partial charge < -0.3 is 48.7 Å². The number of benzene rings is 2. The maximum Gasteiger partial charge on any atom is 0.312 e. The molecule has 2 aromatic heterocycles. The molecule has 2 saturated heterocycles. The number of carbonyl (C=O) groups excluding carboxylic acids is 1. The summed E-state index contributed by atoms with van der Waals surface area (Å²) in [5, 5.41) is 45.0. The summed E-state index contributed by atoms with van der Waals surface area (Å²) >= 11 is 0.